The van der Waals surface area contributed by atoms with Gasteiger partial charge in [-0.15, -0.1) is 11.8 Å². The molecule has 0 unspecified atom stereocenters. The highest BCUT2D eigenvalue weighted by Crippen LogP contribution is 2.48. The van der Waals surface area contributed by atoms with Crippen LogP contribution in [-0.2, 0) is 33.6 Å². The predicted molar refractivity (Wildman–Crippen MR) is 242 cm³/mol. The number of hydrogen-bond donors (Lipinski definition) is 9. The molecule has 0 aromatic heterocycles. The summed E-state index contributed by atoms with van der Waals surface area (Å²) in [5, 5.41) is 36.5. The third kappa shape index (κ3) is 13.6. The zero-order valence-electron chi connectivity index (χ0n) is 35.6. The molecule has 0 saturated carbocycles. The number of ether oxygens (including phenoxy) is 1. The van der Waals surface area contributed by atoms with E-state index in [1.807, 2.05) is 74.4 Å². The monoisotopic (exact) mass is 904 g/mol. The van der Waals surface area contributed by atoms with Crippen molar-refractivity contribution in [2.24, 2.45) is 27.2 Å². The second-order valence-electron chi connectivity index (χ2n) is 14.8. The number of carbonyl (C=O) groups excluding carboxylic acids is 4. The van der Waals surface area contributed by atoms with Crippen molar-refractivity contribution in [3.8, 4) is 11.5 Å². The molecule has 21 nitrogen and oxygen atoms in total. The summed E-state index contributed by atoms with van der Waals surface area (Å²) in [5.74, 6) is -7.14. The Morgan fingerprint density at radius 3 is 1.92 bits per heavy atom. The Hall–Kier alpha value is -7.20. The molecule has 0 saturated heterocycles. The fraction of sp³-hybridized carbons (Fsp3) is 0.357. The molecule has 22 heteroatoms. The van der Waals surface area contributed by atoms with Crippen LogP contribution < -0.4 is 47.7 Å². The van der Waals surface area contributed by atoms with Crippen molar-refractivity contribution in [3.63, 3.8) is 0 Å². The number of amides is 4. The Kier molecular flexibility index (Phi) is 17.6. The van der Waals surface area contributed by atoms with Gasteiger partial charge in [-0.25, -0.2) is 14.6 Å². The highest BCUT2D eigenvalue weighted by atomic mass is 32.2. The van der Waals surface area contributed by atoms with E-state index in [9.17, 15) is 48.9 Å². The number of aliphatic imine (C=N–C) groups is 2. The van der Waals surface area contributed by atoms with Gasteiger partial charge in [0.2, 0.25) is 17.7 Å². The van der Waals surface area contributed by atoms with Crippen LogP contribution in [0.3, 0.4) is 0 Å². The quantitative estimate of drug-likeness (QED) is 0.0397. The lowest BCUT2D eigenvalue weighted by Gasteiger charge is -2.28. The number of nitrogens with zero attached hydrogens (tertiary/aromatic N) is 4. The van der Waals surface area contributed by atoms with Crippen LogP contribution in [0, 0.1) is 0 Å². The molecule has 0 radical (unpaired) electrons. The SMILES string of the molecule is CN(C)c1ccc2c(c1)Oc1cc(N(C)C)ccc1C2=C1C=CC(=NC(=O)CSC[C@H](NC(=O)CN)C(=O)N[C@@H](CCC(=O)O)C(=O)N[C@@H](CCCN=C(N)N)C(=O)O)C=C1C(=O)O. The molecule has 2 aliphatic rings. The van der Waals surface area contributed by atoms with Crippen molar-refractivity contribution in [1.29, 1.82) is 0 Å². The fourth-order valence-electron chi connectivity index (χ4n) is 6.43. The van der Waals surface area contributed by atoms with Crippen molar-refractivity contribution in [2.75, 3.05) is 62.6 Å². The number of guanidine groups is 1. The summed E-state index contributed by atoms with van der Waals surface area (Å²) >= 11 is 0.876. The van der Waals surface area contributed by atoms with Gasteiger partial charge < -0.3 is 63.0 Å². The van der Waals surface area contributed by atoms with E-state index in [0.717, 1.165) is 23.1 Å². The maximum atomic E-state index is 13.5. The summed E-state index contributed by atoms with van der Waals surface area (Å²) in [6, 6.07) is 6.86. The van der Waals surface area contributed by atoms with Crippen LogP contribution in [-0.4, -0.2) is 139 Å². The summed E-state index contributed by atoms with van der Waals surface area (Å²) in [6.45, 7) is -0.449. The van der Waals surface area contributed by atoms with Crippen molar-refractivity contribution < 1.29 is 53.6 Å². The number of carboxylic acids is 3. The first-order chi connectivity index (χ1) is 30.3. The molecule has 1 aliphatic carbocycles. The number of aliphatic carboxylic acids is 3. The minimum absolute atomic E-state index is 0.0414. The van der Waals surface area contributed by atoms with Gasteiger partial charge in [-0.3, -0.25) is 29.0 Å². The lowest BCUT2D eigenvalue weighted by Crippen LogP contribution is -2.57. The maximum Gasteiger partial charge on any atom is 0.336 e. The molecule has 1 aliphatic heterocycles. The van der Waals surface area contributed by atoms with Crippen LogP contribution >= 0.6 is 11.8 Å². The Labute approximate surface area is 372 Å². The first-order valence-electron chi connectivity index (χ1n) is 19.8. The first kappa shape index (κ1) is 49.5. The molecule has 2 aromatic carbocycles. The molecule has 2 aromatic rings. The largest absolute Gasteiger partial charge is 0.481 e. The maximum absolute atomic E-state index is 13.5. The van der Waals surface area contributed by atoms with Crippen molar-refractivity contribution in [3.05, 3.63) is 76.9 Å². The third-order valence-electron chi connectivity index (χ3n) is 9.67. The summed E-state index contributed by atoms with van der Waals surface area (Å²) in [4.78, 5) is 100.0. The van der Waals surface area contributed by atoms with Gasteiger partial charge in [0, 0.05) is 87.1 Å². The van der Waals surface area contributed by atoms with Gasteiger partial charge >= 0.3 is 17.9 Å². The van der Waals surface area contributed by atoms with E-state index in [1.165, 1.54) is 12.2 Å². The number of anilines is 2. The number of allylic oxidation sites excluding steroid dienone is 3. The zero-order chi connectivity index (χ0) is 47.2. The van der Waals surface area contributed by atoms with E-state index in [4.69, 9.17) is 21.9 Å². The minimum Gasteiger partial charge on any atom is -0.481 e. The second-order valence-corrected chi connectivity index (χ2v) is 15.9. The highest BCUT2D eigenvalue weighted by molar-refractivity contribution is 8.00. The number of fused-ring (bicyclic) bond motifs is 2. The molecule has 0 fully saturated rings. The smallest absolute Gasteiger partial charge is 0.336 e. The van der Waals surface area contributed by atoms with Crippen LogP contribution in [0.2, 0.25) is 0 Å². The molecule has 0 bridgehead atoms. The Bertz CT molecular complexity index is 2260. The molecule has 4 amide bonds. The molecule has 1 heterocycles. The molecule has 64 heavy (non-hydrogen) atoms. The fourth-order valence-corrected chi connectivity index (χ4v) is 7.26. The van der Waals surface area contributed by atoms with Gasteiger partial charge in [-0.1, -0.05) is 6.08 Å². The van der Waals surface area contributed by atoms with E-state index in [-0.39, 0.29) is 48.1 Å². The molecular weight excluding hydrogens is 853 g/mol. The summed E-state index contributed by atoms with van der Waals surface area (Å²) in [6.07, 6.45) is 3.40. The van der Waals surface area contributed by atoms with Gasteiger partial charge in [0.25, 0.3) is 5.91 Å². The number of carboxylic acid groups (broad SMARTS) is 3. The molecule has 4 rings (SSSR count). The number of thioether (sulfide) groups is 1. The van der Waals surface area contributed by atoms with E-state index in [2.05, 4.69) is 25.9 Å². The Balaban J connectivity index is 1.54. The Morgan fingerprint density at radius 2 is 1.39 bits per heavy atom. The number of benzene rings is 2. The lowest BCUT2D eigenvalue weighted by atomic mass is 9.84. The standard InChI is InChI=1S/C42H52N10O11S/c1-51(2)23-8-11-26-32(17-23)63-33-18-24(52(3)4)9-12-27(33)37(26)25-10-7-22(16-28(25)40(59)60)47-35(54)21-64-20-31(48-34(53)19-43)39(58)49-29(13-14-36(55)56)38(57)50-30(41(61)62)6-5-15-46-42(44)45/h7-12,16-18,29-31H,5-6,13-15,19-21,43H2,1-4H3,(H,48,53)(H,49,58)(H,50,57)(H,55,56)(H,59,60)(H,61,62)(H4,44,45,46)/t29-,30-,31-/m0/s1. The van der Waals surface area contributed by atoms with Gasteiger partial charge in [-0.05, 0) is 61.3 Å². The number of carbonyl (C=O) groups is 7. The molecule has 342 valence electrons. The lowest BCUT2D eigenvalue weighted by molar-refractivity contribution is -0.143. The number of hydrogen-bond acceptors (Lipinski definition) is 13. The van der Waals surface area contributed by atoms with E-state index >= 15 is 0 Å². The average molecular weight is 905 g/mol. The summed E-state index contributed by atoms with van der Waals surface area (Å²) in [5.41, 5.74) is 19.9. The van der Waals surface area contributed by atoms with Crippen LogP contribution in [0.1, 0.15) is 36.8 Å². The highest BCUT2D eigenvalue weighted by Gasteiger charge is 2.32. The molecule has 0 spiro atoms. The van der Waals surface area contributed by atoms with Crippen LogP contribution in [0.4, 0.5) is 11.4 Å². The average Bonchev–Trinajstić information content (AvgIpc) is 3.23. The predicted octanol–water partition coefficient (Wildman–Crippen LogP) is 0.424. The van der Waals surface area contributed by atoms with Crippen LogP contribution in [0.25, 0.3) is 5.57 Å². The topological polar surface area (TPSA) is 335 Å². The first-order valence-corrected chi connectivity index (χ1v) is 20.9. The summed E-state index contributed by atoms with van der Waals surface area (Å²) < 4.78 is 6.37. The van der Waals surface area contributed by atoms with Crippen LogP contribution in [0.5, 0.6) is 11.5 Å². The third-order valence-corrected chi connectivity index (χ3v) is 10.7. The molecule has 12 N–H and O–H groups in total. The van der Waals surface area contributed by atoms with Gasteiger partial charge in [0.05, 0.1) is 23.6 Å². The van der Waals surface area contributed by atoms with Crippen molar-refractivity contribution in [2.45, 2.75) is 43.8 Å². The normalized spacial score (nSPS) is 14.6. The number of rotatable bonds is 21. The van der Waals surface area contributed by atoms with Gasteiger partial charge in [0.1, 0.15) is 29.6 Å². The second kappa shape index (κ2) is 22.8. The van der Waals surface area contributed by atoms with E-state index in [1.54, 1.807) is 6.08 Å². The minimum atomic E-state index is -1.54. The molecule has 3 atom stereocenters. The van der Waals surface area contributed by atoms with E-state index in [0.29, 0.717) is 33.8 Å². The number of nitrogens with one attached hydrogen (secondary N) is 3. The van der Waals surface area contributed by atoms with Gasteiger partial charge in [-0.2, -0.15) is 0 Å². The van der Waals surface area contributed by atoms with Crippen molar-refractivity contribution in [1.82, 2.24) is 16.0 Å². The van der Waals surface area contributed by atoms with Crippen molar-refractivity contribution >= 4 is 81.9 Å². The number of nitrogens with two attached hydrogens (primary N) is 3. The van der Waals surface area contributed by atoms with E-state index < -0.39 is 79.0 Å². The molecular formula is C42H52N10O11S. The summed E-state index contributed by atoms with van der Waals surface area (Å²) in [7, 11) is 7.56. The van der Waals surface area contributed by atoms with Crippen LogP contribution in [0.15, 0.2) is 75.8 Å². The van der Waals surface area contributed by atoms with Gasteiger partial charge in [0.15, 0.2) is 5.96 Å². The Morgan fingerprint density at radius 1 is 0.797 bits per heavy atom. The zero-order valence-corrected chi connectivity index (χ0v) is 36.4.